The number of aryl methyl sites for hydroxylation is 1. The van der Waals surface area contributed by atoms with Gasteiger partial charge in [-0.15, -0.1) is 0 Å². The van der Waals surface area contributed by atoms with Gasteiger partial charge in [-0.1, -0.05) is 6.07 Å². The average Bonchev–Trinajstić information content (AvgIpc) is 2.50. The number of anilines is 1. The predicted octanol–water partition coefficient (Wildman–Crippen LogP) is 2.20. The largest absolute Gasteiger partial charge is 0.390 e. The van der Waals surface area contributed by atoms with Crippen molar-refractivity contribution in [2.24, 2.45) is 5.73 Å². The van der Waals surface area contributed by atoms with Crippen molar-refractivity contribution in [3.05, 3.63) is 29.3 Å². The smallest absolute Gasteiger partial charge is 0.0637 e. The standard InChI is InChI=1S/C15H24N2O/c1-12-10-14(5-4-13(12)11-16)17-8-3-6-15(2,18)7-9-17/h4-5,10,18H,3,6-9,11,16H2,1-2H3. The van der Waals surface area contributed by atoms with Crippen LogP contribution in [0.2, 0.25) is 0 Å². The van der Waals surface area contributed by atoms with E-state index in [9.17, 15) is 5.11 Å². The molecule has 3 N–H and O–H groups in total. The molecule has 1 aromatic carbocycles. The van der Waals surface area contributed by atoms with Crippen LogP contribution >= 0.6 is 0 Å². The minimum atomic E-state index is -0.499. The molecular weight excluding hydrogens is 224 g/mol. The third kappa shape index (κ3) is 3.03. The zero-order valence-corrected chi connectivity index (χ0v) is 11.4. The molecule has 1 aliphatic rings. The molecule has 1 aromatic rings. The van der Waals surface area contributed by atoms with Gasteiger partial charge in [0.2, 0.25) is 0 Å². The number of aliphatic hydroxyl groups is 1. The summed E-state index contributed by atoms with van der Waals surface area (Å²) in [6, 6.07) is 6.48. The second kappa shape index (κ2) is 5.29. The Balaban J connectivity index is 2.14. The van der Waals surface area contributed by atoms with Crippen LogP contribution in [-0.4, -0.2) is 23.8 Å². The van der Waals surface area contributed by atoms with E-state index >= 15 is 0 Å². The normalized spacial score (nSPS) is 25.0. The number of nitrogens with zero attached hydrogens (tertiary/aromatic N) is 1. The van der Waals surface area contributed by atoms with Crippen LogP contribution in [0.1, 0.15) is 37.3 Å². The van der Waals surface area contributed by atoms with Gasteiger partial charge in [0.1, 0.15) is 0 Å². The van der Waals surface area contributed by atoms with Crippen molar-refractivity contribution in [1.82, 2.24) is 0 Å². The van der Waals surface area contributed by atoms with Crippen molar-refractivity contribution in [2.75, 3.05) is 18.0 Å². The molecule has 0 saturated carbocycles. The van der Waals surface area contributed by atoms with E-state index in [1.807, 2.05) is 6.92 Å². The Morgan fingerprint density at radius 3 is 2.78 bits per heavy atom. The molecule has 1 unspecified atom stereocenters. The van der Waals surface area contributed by atoms with Gasteiger partial charge in [-0.3, -0.25) is 0 Å². The highest BCUT2D eigenvalue weighted by Gasteiger charge is 2.25. The van der Waals surface area contributed by atoms with E-state index in [2.05, 4.69) is 30.0 Å². The molecule has 0 radical (unpaired) electrons. The van der Waals surface area contributed by atoms with E-state index in [0.717, 1.165) is 32.4 Å². The van der Waals surface area contributed by atoms with E-state index in [4.69, 9.17) is 5.73 Å². The monoisotopic (exact) mass is 248 g/mol. The average molecular weight is 248 g/mol. The number of hydrogen-bond acceptors (Lipinski definition) is 3. The summed E-state index contributed by atoms with van der Waals surface area (Å²) < 4.78 is 0. The number of hydrogen-bond donors (Lipinski definition) is 2. The van der Waals surface area contributed by atoms with Crippen molar-refractivity contribution in [3.8, 4) is 0 Å². The lowest BCUT2D eigenvalue weighted by atomic mass is 9.98. The quantitative estimate of drug-likeness (QED) is 0.843. The Morgan fingerprint density at radius 1 is 1.33 bits per heavy atom. The van der Waals surface area contributed by atoms with Gasteiger partial charge in [0.05, 0.1) is 5.60 Å². The number of rotatable bonds is 2. The molecule has 1 saturated heterocycles. The summed E-state index contributed by atoms with van der Waals surface area (Å²) in [6.45, 7) is 6.60. The highest BCUT2D eigenvalue weighted by Crippen LogP contribution is 2.26. The van der Waals surface area contributed by atoms with Crippen LogP contribution in [0.4, 0.5) is 5.69 Å². The first-order valence-electron chi connectivity index (χ1n) is 6.79. The SMILES string of the molecule is Cc1cc(N2CCCC(C)(O)CC2)ccc1CN. The maximum absolute atomic E-state index is 10.1. The molecule has 100 valence electrons. The van der Waals surface area contributed by atoms with Crippen LogP contribution in [0, 0.1) is 6.92 Å². The first-order valence-corrected chi connectivity index (χ1v) is 6.79. The lowest BCUT2D eigenvalue weighted by molar-refractivity contribution is 0.0481. The van der Waals surface area contributed by atoms with Crippen LogP contribution in [0.3, 0.4) is 0 Å². The molecule has 3 heteroatoms. The minimum Gasteiger partial charge on any atom is -0.390 e. The van der Waals surface area contributed by atoms with E-state index < -0.39 is 5.60 Å². The molecule has 1 aliphatic heterocycles. The van der Waals surface area contributed by atoms with Crippen molar-refractivity contribution in [1.29, 1.82) is 0 Å². The lowest BCUT2D eigenvalue weighted by Crippen LogP contribution is -2.28. The summed E-state index contributed by atoms with van der Waals surface area (Å²) in [6.07, 6.45) is 2.78. The molecule has 2 rings (SSSR count). The molecule has 0 aromatic heterocycles. The zero-order valence-electron chi connectivity index (χ0n) is 11.4. The molecule has 3 nitrogen and oxygen atoms in total. The molecule has 0 bridgehead atoms. The summed E-state index contributed by atoms with van der Waals surface area (Å²) >= 11 is 0. The molecule has 0 spiro atoms. The van der Waals surface area contributed by atoms with Gasteiger partial charge in [-0.2, -0.15) is 0 Å². The molecule has 1 heterocycles. The van der Waals surface area contributed by atoms with Crippen molar-refractivity contribution >= 4 is 5.69 Å². The fourth-order valence-corrected chi connectivity index (χ4v) is 2.63. The van der Waals surface area contributed by atoms with Crippen LogP contribution in [0.25, 0.3) is 0 Å². The van der Waals surface area contributed by atoms with Crippen molar-refractivity contribution in [3.63, 3.8) is 0 Å². The Kier molecular flexibility index (Phi) is 3.93. The highest BCUT2D eigenvalue weighted by atomic mass is 16.3. The van der Waals surface area contributed by atoms with Crippen LogP contribution in [0.15, 0.2) is 18.2 Å². The third-order valence-electron chi connectivity index (χ3n) is 3.97. The number of benzene rings is 1. The Hall–Kier alpha value is -1.06. The second-order valence-corrected chi connectivity index (χ2v) is 5.65. The highest BCUT2D eigenvalue weighted by molar-refractivity contribution is 5.51. The molecule has 1 fully saturated rings. The molecule has 18 heavy (non-hydrogen) atoms. The Bertz CT molecular complexity index is 415. The summed E-state index contributed by atoms with van der Waals surface area (Å²) in [5.74, 6) is 0. The van der Waals surface area contributed by atoms with Crippen molar-refractivity contribution in [2.45, 2.75) is 45.3 Å². The van der Waals surface area contributed by atoms with Gasteiger partial charge < -0.3 is 15.7 Å². The number of nitrogens with two attached hydrogens (primary N) is 1. The fraction of sp³-hybridized carbons (Fsp3) is 0.600. The van der Waals surface area contributed by atoms with E-state index in [1.165, 1.54) is 16.8 Å². The summed E-state index contributed by atoms with van der Waals surface area (Å²) in [5, 5.41) is 10.1. The third-order valence-corrected chi connectivity index (χ3v) is 3.97. The van der Waals surface area contributed by atoms with Gasteiger partial charge in [0.15, 0.2) is 0 Å². The van der Waals surface area contributed by atoms with Gasteiger partial charge in [-0.05, 0) is 56.4 Å². The van der Waals surface area contributed by atoms with Gasteiger partial charge >= 0.3 is 0 Å². The fourth-order valence-electron chi connectivity index (χ4n) is 2.63. The lowest BCUT2D eigenvalue weighted by Gasteiger charge is -2.25. The Morgan fingerprint density at radius 2 is 2.11 bits per heavy atom. The van der Waals surface area contributed by atoms with Gasteiger partial charge in [-0.25, -0.2) is 0 Å². The maximum Gasteiger partial charge on any atom is 0.0637 e. The summed E-state index contributed by atoms with van der Waals surface area (Å²) in [5.41, 5.74) is 8.91. The second-order valence-electron chi connectivity index (χ2n) is 5.65. The van der Waals surface area contributed by atoms with Crippen LogP contribution in [-0.2, 0) is 6.54 Å². The van der Waals surface area contributed by atoms with E-state index in [-0.39, 0.29) is 0 Å². The van der Waals surface area contributed by atoms with Crippen molar-refractivity contribution < 1.29 is 5.11 Å². The molecule has 1 atom stereocenters. The van der Waals surface area contributed by atoms with Crippen LogP contribution < -0.4 is 10.6 Å². The van der Waals surface area contributed by atoms with E-state index in [0.29, 0.717) is 6.54 Å². The molecule has 0 aliphatic carbocycles. The predicted molar refractivity (Wildman–Crippen MR) is 75.8 cm³/mol. The summed E-state index contributed by atoms with van der Waals surface area (Å²) in [4.78, 5) is 2.37. The Labute approximate surface area is 110 Å². The topological polar surface area (TPSA) is 49.5 Å². The molecule has 0 amide bonds. The zero-order chi connectivity index (χ0) is 13.2. The maximum atomic E-state index is 10.1. The first-order chi connectivity index (χ1) is 8.52. The van der Waals surface area contributed by atoms with Crippen LogP contribution in [0.5, 0.6) is 0 Å². The summed E-state index contributed by atoms with van der Waals surface area (Å²) in [7, 11) is 0. The first kappa shape index (κ1) is 13.4. The van der Waals surface area contributed by atoms with Gasteiger partial charge in [0, 0.05) is 25.3 Å². The van der Waals surface area contributed by atoms with Gasteiger partial charge in [0.25, 0.3) is 0 Å². The van der Waals surface area contributed by atoms with E-state index in [1.54, 1.807) is 0 Å². The minimum absolute atomic E-state index is 0.499. The molecular formula is C15H24N2O.